The second-order valence-corrected chi connectivity index (χ2v) is 8.55. The van der Waals surface area contributed by atoms with Crippen LogP contribution in [0.4, 0.5) is 5.82 Å². The molecule has 1 aliphatic rings. The second kappa shape index (κ2) is 8.15. The van der Waals surface area contributed by atoms with Crippen LogP contribution in [-0.4, -0.2) is 40.4 Å². The summed E-state index contributed by atoms with van der Waals surface area (Å²) >= 11 is 9.54. The molecule has 1 saturated heterocycles. The quantitative estimate of drug-likeness (QED) is 0.610. The zero-order chi connectivity index (χ0) is 19.7. The Labute approximate surface area is 178 Å². The molecule has 144 valence electrons. The van der Waals surface area contributed by atoms with Gasteiger partial charge < -0.3 is 10.2 Å². The minimum absolute atomic E-state index is 0.368. The summed E-state index contributed by atoms with van der Waals surface area (Å²) in [5.74, 6) is 1.48. The van der Waals surface area contributed by atoms with Gasteiger partial charge in [0, 0.05) is 45.8 Å². The fraction of sp³-hybridized carbons (Fsp3) is 0.286. The zero-order valence-electron chi connectivity index (χ0n) is 15.7. The molecule has 3 aromatic rings. The summed E-state index contributed by atoms with van der Waals surface area (Å²) in [6.45, 7) is 6.11. The molecule has 0 amide bonds. The van der Waals surface area contributed by atoms with Crippen LogP contribution >= 0.6 is 27.5 Å². The zero-order valence-corrected chi connectivity index (χ0v) is 18.1. The van der Waals surface area contributed by atoms with E-state index in [1.165, 1.54) is 0 Å². The molecule has 0 saturated carbocycles. The first kappa shape index (κ1) is 19.3. The Balaban J connectivity index is 1.81. The number of nitrogens with zero attached hydrogens (tertiary/aromatic N) is 4. The van der Waals surface area contributed by atoms with E-state index in [1.54, 1.807) is 0 Å². The smallest absolute Gasteiger partial charge is 0.183 e. The number of hydrogen-bond acceptors (Lipinski definition) is 5. The highest BCUT2D eigenvalue weighted by Crippen LogP contribution is 2.31. The van der Waals surface area contributed by atoms with E-state index in [0.29, 0.717) is 22.9 Å². The van der Waals surface area contributed by atoms with Gasteiger partial charge in [-0.2, -0.15) is 0 Å². The Kier molecular flexibility index (Phi) is 5.62. The lowest BCUT2D eigenvalue weighted by Gasteiger charge is -2.37. The Hall–Kier alpha value is -2.02. The molecule has 2 atom stereocenters. The molecule has 0 unspecified atom stereocenters. The molecule has 7 heteroatoms. The summed E-state index contributed by atoms with van der Waals surface area (Å²) in [5, 5.41) is 13.3. The SMILES string of the molecule is C[C@H]1CN(c2nc(-c3ccc(Br)cc3)nnc2-c2ccc(Cl)cc2)C[C@H](C)N1. The van der Waals surface area contributed by atoms with Gasteiger partial charge in [0.2, 0.25) is 0 Å². The molecule has 0 radical (unpaired) electrons. The lowest BCUT2D eigenvalue weighted by atomic mass is 10.1. The van der Waals surface area contributed by atoms with E-state index in [2.05, 4.69) is 50.2 Å². The van der Waals surface area contributed by atoms with Gasteiger partial charge in [0.15, 0.2) is 11.6 Å². The molecule has 5 nitrogen and oxygen atoms in total. The van der Waals surface area contributed by atoms with Gasteiger partial charge >= 0.3 is 0 Å². The van der Waals surface area contributed by atoms with Crippen molar-refractivity contribution in [1.29, 1.82) is 0 Å². The van der Waals surface area contributed by atoms with Crippen LogP contribution in [0.3, 0.4) is 0 Å². The van der Waals surface area contributed by atoms with Crippen molar-refractivity contribution < 1.29 is 0 Å². The molecule has 2 aromatic carbocycles. The molecule has 1 aliphatic heterocycles. The number of hydrogen-bond donors (Lipinski definition) is 1. The maximum Gasteiger partial charge on any atom is 0.183 e. The molecular weight excluding hydrogens is 438 g/mol. The number of piperazine rings is 1. The number of rotatable bonds is 3. The van der Waals surface area contributed by atoms with Crippen molar-refractivity contribution in [3.8, 4) is 22.6 Å². The first-order valence-electron chi connectivity index (χ1n) is 9.27. The minimum Gasteiger partial charge on any atom is -0.352 e. The van der Waals surface area contributed by atoms with Gasteiger partial charge in [-0.3, -0.25) is 0 Å². The molecule has 2 heterocycles. The predicted octanol–water partition coefficient (Wildman–Crippen LogP) is 4.81. The highest BCUT2D eigenvalue weighted by atomic mass is 79.9. The van der Waals surface area contributed by atoms with Crippen molar-refractivity contribution in [3.05, 3.63) is 58.0 Å². The Morgan fingerprint density at radius 1 is 0.929 bits per heavy atom. The normalized spacial score (nSPS) is 19.6. The topological polar surface area (TPSA) is 53.9 Å². The van der Waals surface area contributed by atoms with Crippen LogP contribution in [0.5, 0.6) is 0 Å². The molecular formula is C21H21BrClN5. The minimum atomic E-state index is 0.368. The van der Waals surface area contributed by atoms with Crippen LogP contribution in [0.1, 0.15) is 13.8 Å². The summed E-state index contributed by atoms with van der Waals surface area (Å²) < 4.78 is 1.02. The van der Waals surface area contributed by atoms with Crippen LogP contribution in [0.2, 0.25) is 5.02 Å². The van der Waals surface area contributed by atoms with Crippen molar-refractivity contribution in [2.75, 3.05) is 18.0 Å². The molecule has 1 aromatic heterocycles. The van der Waals surface area contributed by atoms with Gasteiger partial charge in [-0.05, 0) is 38.1 Å². The number of anilines is 1. The summed E-state index contributed by atoms with van der Waals surface area (Å²) in [7, 11) is 0. The van der Waals surface area contributed by atoms with Gasteiger partial charge in [-0.1, -0.05) is 51.8 Å². The first-order valence-corrected chi connectivity index (χ1v) is 10.4. The maximum absolute atomic E-state index is 6.07. The summed E-state index contributed by atoms with van der Waals surface area (Å²) in [6, 6.07) is 16.4. The van der Waals surface area contributed by atoms with E-state index in [-0.39, 0.29) is 0 Å². The second-order valence-electron chi connectivity index (χ2n) is 7.20. The third kappa shape index (κ3) is 4.19. The van der Waals surface area contributed by atoms with Crippen LogP contribution in [0, 0.1) is 0 Å². The Morgan fingerprint density at radius 2 is 1.54 bits per heavy atom. The standard InChI is InChI=1S/C21H21BrClN5/c1-13-11-28(12-14(2)24-13)21-19(15-5-9-18(23)10-6-15)26-27-20(25-21)16-3-7-17(22)8-4-16/h3-10,13-14,24H,11-12H2,1-2H3/t13-,14-/m0/s1. The van der Waals surface area contributed by atoms with Gasteiger partial charge in [-0.15, -0.1) is 10.2 Å². The van der Waals surface area contributed by atoms with Crippen molar-refractivity contribution in [2.24, 2.45) is 0 Å². The highest BCUT2D eigenvalue weighted by Gasteiger charge is 2.26. The van der Waals surface area contributed by atoms with Crippen LogP contribution in [0.15, 0.2) is 53.0 Å². The van der Waals surface area contributed by atoms with E-state index in [9.17, 15) is 0 Å². The monoisotopic (exact) mass is 457 g/mol. The van der Waals surface area contributed by atoms with E-state index >= 15 is 0 Å². The molecule has 28 heavy (non-hydrogen) atoms. The molecule has 0 spiro atoms. The van der Waals surface area contributed by atoms with Crippen molar-refractivity contribution in [2.45, 2.75) is 25.9 Å². The van der Waals surface area contributed by atoms with Crippen molar-refractivity contribution >= 4 is 33.3 Å². The highest BCUT2D eigenvalue weighted by molar-refractivity contribution is 9.10. The fourth-order valence-corrected chi connectivity index (χ4v) is 3.94. The predicted molar refractivity (Wildman–Crippen MR) is 118 cm³/mol. The number of halogens is 2. The summed E-state index contributed by atoms with van der Waals surface area (Å²) in [4.78, 5) is 7.24. The molecule has 0 aliphatic carbocycles. The van der Waals surface area contributed by atoms with E-state index in [1.807, 2.05) is 48.5 Å². The summed E-state index contributed by atoms with van der Waals surface area (Å²) in [5.41, 5.74) is 2.68. The Morgan fingerprint density at radius 3 is 2.18 bits per heavy atom. The first-order chi connectivity index (χ1) is 13.5. The van der Waals surface area contributed by atoms with E-state index < -0.39 is 0 Å². The van der Waals surface area contributed by atoms with Crippen molar-refractivity contribution in [3.63, 3.8) is 0 Å². The maximum atomic E-state index is 6.07. The molecule has 0 bridgehead atoms. The summed E-state index contributed by atoms with van der Waals surface area (Å²) in [6.07, 6.45) is 0. The van der Waals surface area contributed by atoms with Crippen LogP contribution in [-0.2, 0) is 0 Å². The van der Waals surface area contributed by atoms with Gasteiger partial charge in [0.1, 0.15) is 5.69 Å². The Bertz CT molecular complexity index is 952. The van der Waals surface area contributed by atoms with Crippen LogP contribution < -0.4 is 10.2 Å². The molecule has 4 rings (SSSR count). The largest absolute Gasteiger partial charge is 0.352 e. The molecule has 1 fully saturated rings. The lowest BCUT2D eigenvalue weighted by molar-refractivity contribution is 0.405. The number of benzene rings is 2. The van der Waals surface area contributed by atoms with Gasteiger partial charge in [-0.25, -0.2) is 4.98 Å². The van der Waals surface area contributed by atoms with E-state index in [0.717, 1.165) is 40.2 Å². The van der Waals surface area contributed by atoms with E-state index in [4.69, 9.17) is 16.6 Å². The third-order valence-electron chi connectivity index (χ3n) is 4.75. The van der Waals surface area contributed by atoms with Crippen molar-refractivity contribution in [1.82, 2.24) is 20.5 Å². The van der Waals surface area contributed by atoms with Crippen LogP contribution in [0.25, 0.3) is 22.6 Å². The average Bonchev–Trinajstić information content (AvgIpc) is 2.68. The number of nitrogens with one attached hydrogen (secondary N) is 1. The average molecular weight is 459 g/mol. The number of aromatic nitrogens is 3. The third-order valence-corrected chi connectivity index (χ3v) is 5.53. The van der Waals surface area contributed by atoms with Gasteiger partial charge in [0.25, 0.3) is 0 Å². The lowest BCUT2D eigenvalue weighted by Crippen LogP contribution is -2.54. The van der Waals surface area contributed by atoms with Gasteiger partial charge in [0.05, 0.1) is 0 Å². The molecule has 1 N–H and O–H groups in total. The fourth-order valence-electron chi connectivity index (χ4n) is 3.55.